The lowest BCUT2D eigenvalue weighted by atomic mass is 9.95. The second-order valence-electron chi connectivity index (χ2n) is 3.37. The number of carbonyl (C=O) groups excluding carboxylic acids is 2. The highest BCUT2D eigenvalue weighted by molar-refractivity contribution is 6.17. The molecule has 8 nitrogen and oxygen atoms in total. The van der Waals surface area contributed by atoms with Gasteiger partial charge in [-0.2, -0.15) is 5.26 Å². The predicted octanol–water partition coefficient (Wildman–Crippen LogP) is 0.0161. The summed E-state index contributed by atoms with van der Waals surface area (Å²) < 4.78 is 4.63. The summed E-state index contributed by atoms with van der Waals surface area (Å²) in [7, 11) is 0. The minimum absolute atomic E-state index is 0.0180. The van der Waals surface area contributed by atoms with E-state index in [1.54, 1.807) is 0 Å². The molecule has 0 aromatic heterocycles. The maximum absolute atomic E-state index is 11.6. The summed E-state index contributed by atoms with van der Waals surface area (Å²) in [5, 5.41) is 19.7. The van der Waals surface area contributed by atoms with Gasteiger partial charge < -0.3 is 4.74 Å². The monoisotopic (exact) mass is 251 g/mol. The topological polar surface area (TPSA) is 123 Å². The van der Waals surface area contributed by atoms with Gasteiger partial charge in [-0.1, -0.05) is 0 Å². The van der Waals surface area contributed by atoms with Crippen LogP contribution >= 0.6 is 0 Å². The third-order valence-electron chi connectivity index (χ3n) is 2.25. The molecule has 0 aliphatic carbocycles. The van der Waals surface area contributed by atoms with Gasteiger partial charge in [-0.15, -0.1) is 0 Å². The van der Waals surface area contributed by atoms with Gasteiger partial charge in [-0.05, 0) is 13.8 Å². The first-order chi connectivity index (χ1) is 8.43. The normalized spacial score (nSPS) is 19.1. The van der Waals surface area contributed by atoms with E-state index >= 15 is 0 Å². The molecular weight excluding hydrogens is 242 g/mol. The zero-order valence-corrected chi connectivity index (χ0v) is 9.67. The Kier molecular flexibility index (Phi) is 3.89. The van der Waals surface area contributed by atoms with Crippen molar-refractivity contribution < 1.29 is 19.2 Å². The lowest BCUT2D eigenvalue weighted by Gasteiger charge is -2.16. The Morgan fingerprint density at radius 2 is 2.28 bits per heavy atom. The molecule has 1 aliphatic heterocycles. The van der Waals surface area contributed by atoms with E-state index in [4.69, 9.17) is 5.26 Å². The smallest absolute Gasteiger partial charge is 0.343 e. The van der Waals surface area contributed by atoms with Crippen molar-refractivity contribution in [3.63, 3.8) is 0 Å². The number of hydrogen-bond donors (Lipinski definition) is 0. The molecule has 0 aromatic rings. The molecule has 1 unspecified atom stereocenters. The highest BCUT2D eigenvalue weighted by atomic mass is 16.6. The fraction of sp³-hybridized carbons (Fsp3) is 0.400. The number of amides is 1. The van der Waals surface area contributed by atoms with Gasteiger partial charge in [0.05, 0.1) is 12.3 Å². The lowest BCUT2D eigenvalue weighted by molar-refractivity contribution is -0.492. The molecule has 0 aromatic carbocycles. The third kappa shape index (κ3) is 2.24. The summed E-state index contributed by atoms with van der Waals surface area (Å²) in [6.45, 7) is 2.74. The van der Waals surface area contributed by atoms with Gasteiger partial charge in [0.2, 0.25) is 0 Å². The molecule has 1 heterocycles. The number of nitro groups is 1. The average molecular weight is 251 g/mol. The van der Waals surface area contributed by atoms with Gasteiger partial charge in [-0.25, -0.2) is 9.79 Å². The van der Waals surface area contributed by atoms with Gasteiger partial charge in [0.15, 0.2) is 0 Å². The largest absolute Gasteiger partial charge is 0.462 e. The van der Waals surface area contributed by atoms with Gasteiger partial charge in [-0.3, -0.25) is 14.9 Å². The molecule has 8 heteroatoms. The quantitative estimate of drug-likeness (QED) is 0.395. The van der Waals surface area contributed by atoms with Crippen LogP contribution in [0.15, 0.2) is 16.1 Å². The molecule has 0 spiro atoms. The van der Waals surface area contributed by atoms with Crippen LogP contribution in [0.5, 0.6) is 0 Å². The van der Waals surface area contributed by atoms with Gasteiger partial charge in [0, 0.05) is 4.92 Å². The van der Waals surface area contributed by atoms with Crippen molar-refractivity contribution in [1.82, 2.24) is 0 Å². The zero-order valence-electron chi connectivity index (χ0n) is 9.67. The number of nitrogens with zero attached hydrogens (tertiary/aromatic N) is 3. The summed E-state index contributed by atoms with van der Waals surface area (Å²) >= 11 is 0. The highest BCUT2D eigenvalue weighted by Crippen LogP contribution is 2.21. The van der Waals surface area contributed by atoms with E-state index in [0.717, 1.165) is 0 Å². The lowest BCUT2D eigenvalue weighted by Crippen LogP contribution is -2.39. The fourth-order valence-electron chi connectivity index (χ4n) is 1.53. The zero-order chi connectivity index (χ0) is 13.9. The number of ether oxygens (including phenoxy) is 1. The Labute approximate surface area is 102 Å². The van der Waals surface area contributed by atoms with E-state index in [1.165, 1.54) is 19.9 Å². The Morgan fingerprint density at radius 3 is 2.72 bits per heavy atom. The molecule has 0 radical (unpaired) electrons. The summed E-state index contributed by atoms with van der Waals surface area (Å²) in [6.07, 6.45) is 0. The Hall–Kier alpha value is -2.56. The van der Waals surface area contributed by atoms with E-state index in [9.17, 15) is 19.7 Å². The second kappa shape index (κ2) is 5.18. The summed E-state index contributed by atoms with van der Waals surface area (Å²) in [5.74, 6) is -2.01. The second-order valence-corrected chi connectivity index (χ2v) is 3.37. The molecule has 0 saturated heterocycles. The average Bonchev–Trinajstić information content (AvgIpc) is 2.27. The SMILES string of the molecule is CCOC(=O)C1=C(C#N)C(=O)N=C(C)C1[N+](=O)[O-]. The van der Waals surface area contributed by atoms with Crippen LogP contribution in [0.3, 0.4) is 0 Å². The van der Waals surface area contributed by atoms with Crippen LogP contribution in [0.1, 0.15) is 13.8 Å². The molecule has 94 valence electrons. The van der Waals surface area contributed by atoms with Crippen molar-refractivity contribution in [2.75, 3.05) is 6.61 Å². The number of aliphatic imine (C=N–C) groups is 1. The van der Waals surface area contributed by atoms with Crippen molar-refractivity contribution in [3.05, 3.63) is 21.3 Å². The number of rotatable bonds is 3. The molecular formula is C10H9N3O5. The van der Waals surface area contributed by atoms with Crippen molar-refractivity contribution >= 4 is 17.6 Å². The van der Waals surface area contributed by atoms with E-state index < -0.39 is 34.0 Å². The number of dihydropyridines is 1. The van der Waals surface area contributed by atoms with E-state index in [-0.39, 0.29) is 12.3 Å². The maximum atomic E-state index is 11.6. The number of carbonyl (C=O) groups is 2. The number of hydrogen-bond acceptors (Lipinski definition) is 6. The minimum Gasteiger partial charge on any atom is -0.462 e. The molecule has 1 aliphatic rings. The van der Waals surface area contributed by atoms with Gasteiger partial charge >= 0.3 is 5.97 Å². The fourth-order valence-corrected chi connectivity index (χ4v) is 1.53. The van der Waals surface area contributed by atoms with Crippen LogP contribution in [0.4, 0.5) is 0 Å². The molecule has 0 saturated carbocycles. The summed E-state index contributed by atoms with van der Waals surface area (Å²) in [6, 6.07) is -0.148. The Morgan fingerprint density at radius 1 is 1.67 bits per heavy atom. The van der Waals surface area contributed by atoms with Crippen molar-refractivity contribution in [2.24, 2.45) is 4.99 Å². The van der Waals surface area contributed by atoms with Gasteiger partial charge in [0.25, 0.3) is 11.9 Å². The number of esters is 1. The van der Waals surface area contributed by atoms with Crippen LogP contribution in [0, 0.1) is 21.4 Å². The molecule has 0 fully saturated rings. The van der Waals surface area contributed by atoms with Crippen LogP contribution in [-0.4, -0.2) is 35.2 Å². The molecule has 18 heavy (non-hydrogen) atoms. The summed E-state index contributed by atoms with van der Waals surface area (Å²) in [5.41, 5.74) is -1.34. The molecule has 1 atom stereocenters. The van der Waals surface area contributed by atoms with Gasteiger partial charge in [0.1, 0.15) is 17.2 Å². The minimum atomic E-state index is -1.61. The molecule has 0 bridgehead atoms. The van der Waals surface area contributed by atoms with Crippen LogP contribution in [0.25, 0.3) is 0 Å². The summed E-state index contributed by atoms with van der Waals surface area (Å²) in [4.78, 5) is 36.6. The standard InChI is InChI=1S/C10H9N3O5/c1-3-18-10(15)7-6(4-11)9(14)12-5(2)8(7)13(16)17/h8H,3H2,1-2H3. The van der Waals surface area contributed by atoms with Crippen molar-refractivity contribution in [1.29, 1.82) is 5.26 Å². The molecule has 1 amide bonds. The first-order valence-corrected chi connectivity index (χ1v) is 4.98. The highest BCUT2D eigenvalue weighted by Gasteiger charge is 2.42. The molecule has 0 N–H and O–H groups in total. The maximum Gasteiger partial charge on any atom is 0.343 e. The first kappa shape index (κ1) is 13.5. The van der Waals surface area contributed by atoms with E-state index in [2.05, 4.69) is 9.73 Å². The van der Waals surface area contributed by atoms with E-state index in [1.807, 2.05) is 0 Å². The van der Waals surface area contributed by atoms with Crippen LogP contribution < -0.4 is 0 Å². The van der Waals surface area contributed by atoms with Crippen molar-refractivity contribution in [2.45, 2.75) is 19.9 Å². The molecule has 1 rings (SSSR count). The van der Waals surface area contributed by atoms with Crippen LogP contribution in [0.2, 0.25) is 0 Å². The van der Waals surface area contributed by atoms with E-state index in [0.29, 0.717) is 0 Å². The predicted molar refractivity (Wildman–Crippen MR) is 58.2 cm³/mol. The van der Waals surface area contributed by atoms with Crippen LogP contribution in [-0.2, 0) is 14.3 Å². The number of nitriles is 1. The Balaban J connectivity index is 3.41. The first-order valence-electron chi connectivity index (χ1n) is 4.98. The Bertz CT molecular complexity index is 526. The third-order valence-corrected chi connectivity index (χ3v) is 2.25. The van der Waals surface area contributed by atoms with Crippen molar-refractivity contribution in [3.8, 4) is 6.07 Å².